The number of nitrogens with one attached hydrogen (secondary N) is 1. The highest BCUT2D eigenvalue weighted by atomic mass is 19.1. The van der Waals surface area contributed by atoms with Gasteiger partial charge in [-0.25, -0.2) is 13.9 Å². The zero-order valence-corrected chi connectivity index (χ0v) is 20.8. The lowest BCUT2D eigenvalue weighted by atomic mass is 9.87. The fourth-order valence-corrected chi connectivity index (χ4v) is 5.20. The standard InChI is InChI=1S/C29H32FN5O/c1-20-8-6-13-28(32-20)35-27(18-25(33-35)21-11-7-12-24(30)16-14-21)23-15-17-26(22-9-4-3-5-10-22)34(19-23)29(36)31-2/h3-7,9-11,13-14,16,18,20,23,26H,8,12,15,17,19H2,1-2H3,(H,31,36). The van der Waals surface area contributed by atoms with Gasteiger partial charge in [0.05, 0.1) is 23.5 Å². The van der Waals surface area contributed by atoms with Crippen LogP contribution in [0.15, 0.2) is 83.7 Å². The summed E-state index contributed by atoms with van der Waals surface area (Å²) in [5.74, 6) is 0.709. The highest BCUT2D eigenvalue weighted by Crippen LogP contribution is 2.38. The number of piperidine rings is 1. The number of aliphatic imine (C=N–C) groups is 1. The molecule has 2 aliphatic heterocycles. The molecule has 3 unspecified atom stereocenters. The normalized spacial score (nSPS) is 24.0. The summed E-state index contributed by atoms with van der Waals surface area (Å²) in [5, 5.41) is 7.77. The number of urea groups is 1. The number of benzene rings is 1. The maximum absolute atomic E-state index is 13.8. The lowest BCUT2D eigenvalue weighted by Gasteiger charge is -2.39. The fraction of sp³-hybridized carbons (Fsp3) is 0.345. The Kier molecular flexibility index (Phi) is 6.98. The van der Waals surface area contributed by atoms with Gasteiger partial charge in [0.1, 0.15) is 11.7 Å². The van der Waals surface area contributed by atoms with Crippen LogP contribution in [-0.4, -0.2) is 46.2 Å². The summed E-state index contributed by atoms with van der Waals surface area (Å²) in [6.07, 6.45) is 14.1. The van der Waals surface area contributed by atoms with Gasteiger partial charge in [0, 0.05) is 31.5 Å². The number of hydrogen-bond donors (Lipinski definition) is 1. The lowest BCUT2D eigenvalue weighted by Crippen LogP contribution is -2.46. The minimum Gasteiger partial charge on any atom is -0.341 e. The molecule has 186 valence electrons. The van der Waals surface area contributed by atoms with Crippen molar-refractivity contribution >= 4 is 17.4 Å². The van der Waals surface area contributed by atoms with Crippen LogP contribution in [0.4, 0.5) is 9.18 Å². The van der Waals surface area contributed by atoms with Crippen LogP contribution in [0.5, 0.6) is 0 Å². The molecular weight excluding hydrogens is 453 g/mol. The Balaban J connectivity index is 1.53. The zero-order valence-electron chi connectivity index (χ0n) is 20.8. The maximum Gasteiger partial charge on any atom is 0.317 e. The van der Waals surface area contributed by atoms with Crippen LogP contribution in [0.25, 0.3) is 5.57 Å². The maximum atomic E-state index is 13.8. The van der Waals surface area contributed by atoms with E-state index in [4.69, 9.17) is 10.1 Å². The van der Waals surface area contributed by atoms with E-state index in [0.29, 0.717) is 6.54 Å². The molecule has 3 aliphatic rings. The Morgan fingerprint density at radius 3 is 2.72 bits per heavy atom. The second-order valence-electron chi connectivity index (χ2n) is 9.59. The number of dihydropyridines is 1. The molecule has 36 heavy (non-hydrogen) atoms. The summed E-state index contributed by atoms with van der Waals surface area (Å²) in [6.45, 7) is 2.66. The Bertz CT molecular complexity index is 1270. The minimum atomic E-state index is -0.172. The Labute approximate surface area is 211 Å². The van der Waals surface area contributed by atoms with Crippen LogP contribution >= 0.6 is 0 Å². The number of likely N-dealkylation sites (tertiary alicyclic amines) is 1. The van der Waals surface area contributed by atoms with E-state index in [1.807, 2.05) is 46.0 Å². The fourth-order valence-electron chi connectivity index (χ4n) is 5.20. The second kappa shape index (κ2) is 10.5. The smallest absolute Gasteiger partial charge is 0.317 e. The lowest BCUT2D eigenvalue weighted by molar-refractivity contribution is 0.142. The highest BCUT2D eigenvalue weighted by molar-refractivity contribution is 5.96. The molecule has 2 amide bonds. The molecule has 6 nitrogen and oxygen atoms in total. The van der Waals surface area contributed by atoms with Crippen molar-refractivity contribution in [2.24, 2.45) is 4.99 Å². The van der Waals surface area contributed by atoms with E-state index in [2.05, 4.69) is 36.5 Å². The molecule has 7 heteroatoms. The first-order valence-corrected chi connectivity index (χ1v) is 12.6. The number of halogens is 1. The average molecular weight is 486 g/mol. The number of rotatable bonds is 3. The number of allylic oxidation sites excluding steroid dienone is 7. The molecule has 1 aliphatic carbocycles. The average Bonchev–Trinajstić information content (AvgIpc) is 3.24. The molecule has 3 atom stereocenters. The largest absolute Gasteiger partial charge is 0.341 e. The molecule has 1 aromatic heterocycles. The van der Waals surface area contributed by atoms with Gasteiger partial charge in [-0.1, -0.05) is 54.6 Å². The third-order valence-corrected chi connectivity index (χ3v) is 7.06. The van der Waals surface area contributed by atoms with E-state index < -0.39 is 0 Å². The molecule has 2 aromatic rings. The Morgan fingerprint density at radius 1 is 1.11 bits per heavy atom. The zero-order chi connectivity index (χ0) is 25.1. The molecule has 0 radical (unpaired) electrons. The van der Waals surface area contributed by atoms with Crippen molar-refractivity contribution in [2.75, 3.05) is 13.6 Å². The van der Waals surface area contributed by atoms with Crippen LogP contribution in [0.1, 0.15) is 61.5 Å². The van der Waals surface area contributed by atoms with E-state index in [1.165, 1.54) is 6.08 Å². The van der Waals surface area contributed by atoms with Crippen molar-refractivity contribution in [3.8, 4) is 0 Å². The first-order chi connectivity index (χ1) is 17.5. The monoisotopic (exact) mass is 485 g/mol. The predicted octanol–water partition coefficient (Wildman–Crippen LogP) is 5.93. The molecule has 3 heterocycles. The molecule has 1 fully saturated rings. The summed E-state index contributed by atoms with van der Waals surface area (Å²) in [6, 6.07) is 12.4. The van der Waals surface area contributed by atoms with E-state index in [9.17, 15) is 9.18 Å². The van der Waals surface area contributed by atoms with Crippen LogP contribution in [0, 0.1) is 0 Å². The van der Waals surface area contributed by atoms with Crippen LogP contribution < -0.4 is 5.32 Å². The quantitative estimate of drug-likeness (QED) is 0.585. The highest BCUT2D eigenvalue weighted by Gasteiger charge is 2.35. The van der Waals surface area contributed by atoms with Crippen LogP contribution in [0.2, 0.25) is 0 Å². The van der Waals surface area contributed by atoms with Crippen LogP contribution in [-0.2, 0) is 0 Å². The van der Waals surface area contributed by atoms with Gasteiger partial charge in [-0.2, -0.15) is 5.10 Å². The number of aromatic nitrogens is 2. The van der Waals surface area contributed by atoms with E-state index in [0.717, 1.165) is 47.6 Å². The summed E-state index contributed by atoms with van der Waals surface area (Å²) in [5.41, 5.74) is 3.80. The number of amides is 2. The van der Waals surface area contributed by atoms with Gasteiger partial charge in [0.25, 0.3) is 0 Å². The molecule has 0 saturated carbocycles. The number of carbonyl (C=O) groups is 1. The molecule has 1 saturated heterocycles. The van der Waals surface area contributed by atoms with Crippen molar-refractivity contribution in [2.45, 2.75) is 50.6 Å². The van der Waals surface area contributed by atoms with Crippen molar-refractivity contribution in [3.63, 3.8) is 0 Å². The molecular formula is C29H32FN5O. The predicted molar refractivity (Wildman–Crippen MR) is 142 cm³/mol. The van der Waals surface area contributed by atoms with Gasteiger partial charge in [0.15, 0.2) is 0 Å². The van der Waals surface area contributed by atoms with Gasteiger partial charge in [-0.3, -0.25) is 4.99 Å². The minimum absolute atomic E-state index is 0.0193. The number of carbonyl (C=O) groups excluding carboxylic acids is 1. The first kappa shape index (κ1) is 24.0. The molecule has 5 rings (SSSR count). The SMILES string of the molecule is CNC(=O)N1CC(c2cc(C3=CC=C(F)CC=C3)nn2C2=NC(C)CC=C2)CCC1c1ccccc1. The summed E-state index contributed by atoms with van der Waals surface area (Å²) < 4.78 is 15.8. The third-order valence-electron chi connectivity index (χ3n) is 7.06. The van der Waals surface area contributed by atoms with E-state index in [-0.39, 0.29) is 36.3 Å². The molecule has 1 aromatic carbocycles. The van der Waals surface area contributed by atoms with E-state index >= 15 is 0 Å². The van der Waals surface area contributed by atoms with Crippen molar-refractivity contribution in [1.29, 1.82) is 0 Å². The van der Waals surface area contributed by atoms with Crippen molar-refractivity contribution in [1.82, 2.24) is 20.0 Å². The number of nitrogens with zero attached hydrogens (tertiary/aromatic N) is 4. The van der Waals surface area contributed by atoms with Gasteiger partial charge in [0.2, 0.25) is 0 Å². The van der Waals surface area contributed by atoms with Gasteiger partial charge in [-0.15, -0.1) is 0 Å². The summed E-state index contributed by atoms with van der Waals surface area (Å²) in [4.78, 5) is 19.8. The summed E-state index contributed by atoms with van der Waals surface area (Å²) in [7, 11) is 1.68. The topological polar surface area (TPSA) is 62.5 Å². The van der Waals surface area contributed by atoms with Gasteiger partial charge in [-0.05, 0) is 50.0 Å². The second-order valence-corrected chi connectivity index (χ2v) is 9.59. The Morgan fingerprint density at radius 2 is 1.94 bits per heavy atom. The molecule has 1 N–H and O–H groups in total. The van der Waals surface area contributed by atoms with E-state index in [1.54, 1.807) is 13.1 Å². The Hall–Kier alpha value is -3.74. The summed E-state index contributed by atoms with van der Waals surface area (Å²) >= 11 is 0. The van der Waals surface area contributed by atoms with Crippen molar-refractivity contribution < 1.29 is 9.18 Å². The molecule has 0 spiro atoms. The van der Waals surface area contributed by atoms with Crippen LogP contribution in [0.3, 0.4) is 0 Å². The first-order valence-electron chi connectivity index (χ1n) is 12.6. The van der Waals surface area contributed by atoms with Gasteiger partial charge < -0.3 is 10.2 Å². The number of hydrogen-bond acceptors (Lipinski definition) is 3. The van der Waals surface area contributed by atoms with Gasteiger partial charge >= 0.3 is 6.03 Å². The third kappa shape index (κ3) is 4.96. The molecule has 0 bridgehead atoms. The van der Waals surface area contributed by atoms with Crippen molar-refractivity contribution in [3.05, 3.63) is 95.6 Å².